The van der Waals surface area contributed by atoms with Crippen molar-refractivity contribution in [1.29, 1.82) is 0 Å². The lowest BCUT2D eigenvalue weighted by atomic mass is 10.0. The summed E-state index contributed by atoms with van der Waals surface area (Å²) in [5.41, 5.74) is 0.600. The average Bonchev–Trinajstić information content (AvgIpc) is 3.28. The monoisotopic (exact) mass is 423 g/mol. The summed E-state index contributed by atoms with van der Waals surface area (Å²) in [5, 5.41) is 0.430. The molecule has 8 nitrogen and oxygen atoms in total. The summed E-state index contributed by atoms with van der Waals surface area (Å²) >= 11 is 0. The maximum absolute atomic E-state index is 13.1. The molecule has 1 aromatic heterocycles. The number of benzene rings is 2. The quantitative estimate of drug-likeness (QED) is 0.657. The molecule has 1 aliphatic rings. The lowest BCUT2D eigenvalue weighted by Crippen LogP contribution is -2.34. The smallest absolute Gasteiger partial charge is 0.328 e. The molecular formula is C23H25N3O5. The molecule has 3 aromatic rings. The number of carbonyl (C=O) groups is 1. The predicted molar refractivity (Wildman–Crippen MR) is 117 cm³/mol. The van der Waals surface area contributed by atoms with Gasteiger partial charge in [-0.2, -0.15) is 0 Å². The van der Waals surface area contributed by atoms with E-state index < -0.39 is 11.2 Å². The zero-order valence-electron chi connectivity index (χ0n) is 17.6. The minimum absolute atomic E-state index is 0.0283. The molecule has 2 heterocycles. The second-order valence-electron chi connectivity index (χ2n) is 7.54. The SMILES string of the molecule is COc1ccc(C2CCCN2C(=O)CCn2c(=O)[nH]c(=O)c3ccccc32)cc1OC. The highest BCUT2D eigenvalue weighted by atomic mass is 16.5. The van der Waals surface area contributed by atoms with Crippen molar-refractivity contribution in [2.45, 2.75) is 31.8 Å². The number of para-hydroxylation sites is 1. The van der Waals surface area contributed by atoms with E-state index in [1.807, 2.05) is 23.1 Å². The van der Waals surface area contributed by atoms with E-state index in [1.54, 1.807) is 38.5 Å². The average molecular weight is 423 g/mol. The van der Waals surface area contributed by atoms with Crippen molar-refractivity contribution in [2.24, 2.45) is 0 Å². The Morgan fingerprint density at radius 2 is 1.87 bits per heavy atom. The van der Waals surface area contributed by atoms with Gasteiger partial charge < -0.3 is 14.4 Å². The van der Waals surface area contributed by atoms with Gasteiger partial charge in [0.15, 0.2) is 11.5 Å². The van der Waals surface area contributed by atoms with Crippen molar-refractivity contribution in [2.75, 3.05) is 20.8 Å². The van der Waals surface area contributed by atoms with Gasteiger partial charge in [0.25, 0.3) is 5.56 Å². The molecule has 2 aromatic carbocycles. The fourth-order valence-corrected chi connectivity index (χ4v) is 4.29. The van der Waals surface area contributed by atoms with Crippen LogP contribution in [0.3, 0.4) is 0 Å². The summed E-state index contributed by atoms with van der Waals surface area (Å²) in [7, 11) is 3.18. The highest BCUT2D eigenvalue weighted by molar-refractivity contribution is 5.79. The van der Waals surface area contributed by atoms with Crippen molar-refractivity contribution in [3.63, 3.8) is 0 Å². The van der Waals surface area contributed by atoms with Crippen molar-refractivity contribution in [3.05, 3.63) is 68.9 Å². The molecule has 1 saturated heterocycles. The first-order valence-corrected chi connectivity index (χ1v) is 10.3. The van der Waals surface area contributed by atoms with Crippen molar-refractivity contribution >= 4 is 16.8 Å². The first-order valence-electron chi connectivity index (χ1n) is 10.3. The zero-order chi connectivity index (χ0) is 22.0. The standard InChI is InChI=1S/C23H25N3O5/c1-30-19-10-9-15(14-20(19)31-2)17-8-5-12-25(17)21(27)11-13-26-18-7-4-3-6-16(18)22(28)24-23(26)29/h3-4,6-7,9-10,14,17H,5,8,11-13H2,1-2H3,(H,24,28,29). The number of fused-ring (bicyclic) bond motifs is 1. The highest BCUT2D eigenvalue weighted by Gasteiger charge is 2.30. The summed E-state index contributed by atoms with van der Waals surface area (Å²) in [6.45, 7) is 0.864. The Hall–Kier alpha value is -3.55. The number of aromatic nitrogens is 2. The fraction of sp³-hybridized carbons (Fsp3) is 0.348. The van der Waals surface area contributed by atoms with E-state index in [0.29, 0.717) is 28.9 Å². The van der Waals surface area contributed by atoms with Gasteiger partial charge in [-0.15, -0.1) is 0 Å². The van der Waals surface area contributed by atoms with E-state index in [1.165, 1.54) is 4.57 Å². The van der Waals surface area contributed by atoms with E-state index in [-0.39, 0.29) is 24.9 Å². The number of nitrogens with one attached hydrogen (secondary N) is 1. The van der Waals surface area contributed by atoms with Crippen molar-refractivity contribution in [1.82, 2.24) is 14.5 Å². The van der Waals surface area contributed by atoms with Gasteiger partial charge in [-0.25, -0.2) is 4.79 Å². The third-order valence-corrected chi connectivity index (χ3v) is 5.82. The number of H-pyrrole nitrogens is 1. The molecule has 1 amide bonds. The number of amides is 1. The van der Waals surface area contributed by atoms with Crippen LogP contribution in [0, 0.1) is 0 Å². The normalized spacial score (nSPS) is 15.9. The van der Waals surface area contributed by atoms with Gasteiger partial charge in [0.2, 0.25) is 5.91 Å². The van der Waals surface area contributed by atoms with E-state index in [2.05, 4.69) is 4.98 Å². The van der Waals surface area contributed by atoms with Crippen LogP contribution >= 0.6 is 0 Å². The van der Waals surface area contributed by atoms with Crippen LogP contribution in [-0.2, 0) is 11.3 Å². The second kappa shape index (κ2) is 8.67. The Bertz CT molecular complexity index is 1230. The van der Waals surface area contributed by atoms with E-state index in [0.717, 1.165) is 18.4 Å². The minimum atomic E-state index is -0.505. The van der Waals surface area contributed by atoms with Crippen LogP contribution in [0.15, 0.2) is 52.1 Å². The Morgan fingerprint density at radius 3 is 2.65 bits per heavy atom. The molecule has 1 atom stereocenters. The summed E-state index contributed by atoms with van der Waals surface area (Å²) in [4.78, 5) is 41.7. The van der Waals surface area contributed by atoms with Crippen LogP contribution in [0.4, 0.5) is 0 Å². The molecule has 0 bridgehead atoms. The van der Waals surface area contributed by atoms with Crippen LogP contribution in [0.5, 0.6) is 11.5 Å². The molecule has 1 unspecified atom stereocenters. The lowest BCUT2D eigenvalue weighted by molar-refractivity contribution is -0.132. The van der Waals surface area contributed by atoms with E-state index in [4.69, 9.17) is 9.47 Å². The Kier molecular flexibility index (Phi) is 5.79. The summed E-state index contributed by atoms with van der Waals surface area (Å²) in [5.74, 6) is 1.25. The molecule has 162 valence electrons. The zero-order valence-corrected chi connectivity index (χ0v) is 17.6. The molecule has 0 aliphatic carbocycles. The molecule has 1 aliphatic heterocycles. The Morgan fingerprint density at radius 1 is 1.10 bits per heavy atom. The third kappa shape index (κ3) is 3.93. The maximum Gasteiger partial charge on any atom is 0.328 e. The molecule has 1 fully saturated rings. The van der Waals surface area contributed by atoms with Gasteiger partial charge in [-0.3, -0.25) is 19.1 Å². The number of aromatic amines is 1. The van der Waals surface area contributed by atoms with Gasteiger partial charge in [0.05, 0.1) is 31.2 Å². The van der Waals surface area contributed by atoms with Crippen LogP contribution in [-0.4, -0.2) is 41.1 Å². The number of hydrogen-bond acceptors (Lipinski definition) is 5. The Labute approximate surface area is 179 Å². The second-order valence-corrected chi connectivity index (χ2v) is 7.54. The predicted octanol–water partition coefficient (Wildman–Crippen LogP) is 2.46. The van der Waals surface area contributed by atoms with E-state index in [9.17, 15) is 14.4 Å². The van der Waals surface area contributed by atoms with Crippen molar-refractivity contribution < 1.29 is 14.3 Å². The number of rotatable bonds is 6. The number of hydrogen-bond donors (Lipinski definition) is 1. The molecule has 1 N–H and O–H groups in total. The Balaban J connectivity index is 1.55. The van der Waals surface area contributed by atoms with Crippen LogP contribution < -0.4 is 20.7 Å². The van der Waals surface area contributed by atoms with Gasteiger partial charge in [-0.1, -0.05) is 18.2 Å². The third-order valence-electron chi connectivity index (χ3n) is 5.82. The fourth-order valence-electron chi connectivity index (χ4n) is 4.29. The number of ether oxygens (including phenoxy) is 2. The number of nitrogens with zero attached hydrogens (tertiary/aromatic N) is 2. The van der Waals surface area contributed by atoms with Gasteiger partial charge in [0, 0.05) is 19.5 Å². The molecule has 0 spiro atoms. The number of carbonyl (C=O) groups excluding carboxylic acids is 1. The first kappa shape index (κ1) is 20.7. The van der Waals surface area contributed by atoms with Gasteiger partial charge in [0.1, 0.15) is 0 Å². The van der Waals surface area contributed by atoms with Crippen molar-refractivity contribution in [3.8, 4) is 11.5 Å². The van der Waals surface area contributed by atoms with Gasteiger partial charge >= 0.3 is 5.69 Å². The molecule has 0 saturated carbocycles. The van der Waals surface area contributed by atoms with E-state index >= 15 is 0 Å². The van der Waals surface area contributed by atoms with Crippen LogP contribution in [0.25, 0.3) is 10.9 Å². The summed E-state index contributed by atoms with van der Waals surface area (Å²) in [6.07, 6.45) is 1.94. The maximum atomic E-state index is 13.1. The lowest BCUT2D eigenvalue weighted by Gasteiger charge is -2.26. The topological polar surface area (TPSA) is 93.6 Å². The first-order chi connectivity index (χ1) is 15.0. The molecule has 0 radical (unpaired) electrons. The number of likely N-dealkylation sites (tertiary alicyclic amines) is 1. The summed E-state index contributed by atoms with van der Waals surface area (Å²) in [6, 6.07) is 12.6. The summed E-state index contributed by atoms with van der Waals surface area (Å²) < 4.78 is 12.2. The molecule has 8 heteroatoms. The van der Waals surface area contributed by atoms with Gasteiger partial charge in [-0.05, 0) is 42.7 Å². The number of aryl methyl sites for hydroxylation is 1. The minimum Gasteiger partial charge on any atom is -0.493 e. The highest BCUT2D eigenvalue weighted by Crippen LogP contribution is 2.37. The molecular weight excluding hydrogens is 398 g/mol. The number of methoxy groups -OCH3 is 2. The molecule has 4 rings (SSSR count). The molecule has 31 heavy (non-hydrogen) atoms. The van der Waals surface area contributed by atoms with Crippen LogP contribution in [0.1, 0.15) is 30.9 Å². The largest absolute Gasteiger partial charge is 0.493 e. The van der Waals surface area contributed by atoms with Crippen LogP contribution in [0.2, 0.25) is 0 Å².